The van der Waals surface area contributed by atoms with Gasteiger partial charge < -0.3 is 15.5 Å². The van der Waals surface area contributed by atoms with E-state index in [4.69, 9.17) is 0 Å². The minimum Gasteiger partial charge on any atom is -0.345 e. The predicted octanol–water partition coefficient (Wildman–Crippen LogP) is 2.81. The standard InChI is InChI=1S/C26H22N6O3/c1-16-10-18-6-7-23(33)32(16)14-17-4-3-5-20(11-17)25(34)29-22-15-31(2)30-24(22)26(35)28-13-21-12-19(18)8-9-27-21/h3-12,15H,1,13-14H2,2H3,(H,28,35)(H,29,34). The second-order valence-electron chi connectivity index (χ2n) is 8.29. The first-order valence-corrected chi connectivity index (χ1v) is 10.9. The molecule has 0 unspecified atom stereocenters. The Morgan fingerprint density at radius 1 is 1.03 bits per heavy atom. The fraction of sp³-hybridized carbons (Fsp3) is 0.115. The van der Waals surface area contributed by atoms with E-state index in [-0.39, 0.29) is 24.7 Å². The van der Waals surface area contributed by atoms with Crippen molar-refractivity contribution in [1.29, 1.82) is 0 Å². The second kappa shape index (κ2) is 8.86. The van der Waals surface area contributed by atoms with E-state index in [1.165, 1.54) is 10.8 Å². The van der Waals surface area contributed by atoms with Crippen LogP contribution in [0.5, 0.6) is 0 Å². The van der Waals surface area contributed by atoms with Crippen LogP contribution in [-0.2, 0) is 24.9 Å². The molecule has 0 aliphatic carbocycles. The summed E-state index contributed by atoms with van der Waals surface area (Å²) in [6.07, 6.45) is 8.29. The Kier molecular flexibility index (Phi) is 5.58. The van der Waals surface area contributed by atoms with Crippen molar-refractivity contribution in [2.45, 2.75) is 13.1 Å². The van der Waals surface area contributed by atoms with E-state index in [1.807, 2.05) is 24.3 Å². The smallest absolute Gasteiger partial charge is 0.274 e. The van der Waals surface area contributed by atoms with E-state index in [1.54, 1.807) is 48.6 Å². The third kappa shape index (κ3) is 4.51. The highest BCUT2D eigenvalue weighted by Crippen LogP contribution is 2.25. The van der Waals surface area contributed by atoms with Crippen LogP contribution in [-0.4, -0.2) is 37.4 Å². The zero-order chi connectivity index (χ0) is 24.5. The molecule has 35 heavy (non-hydrogen) atoms. The lowest BCUT2D eigenvalue weighted by atomic mass is 10.0. The van der Waals surface area contributed by atoms with Gasteiger partial charge in [0.15, 0.2) is 5.69 Å². The van der Waals surface area contributed by atoms with Crippen molar-refractivity contribution in [3.8, 4) is 0 Å². The molecule has 4 heterocycles. The van der Waals surface area contributed by atoms with Crippen LogP contribution in [0.2, 0.25) is 0 Å². The van der Waals surface area contributed by atoms with Gasteiger partial charge in [-0.1, -0.05) is 18.7 Å². The number of hydrogen-bond acceptors (Lipinski definition) is 5. The zero-order valence-corrected chi connectivity index (χ0v) is 19.0. The van der Waals surface area contributed by atoms with Crippen LogP contribution in [0.4, 0.5) is 5.69 Å². The van der Waals surface area contributed by atoms with Crippen molar-refractivity contribution in [2.24, 2.45) is 7.05 Å². The Bertz CT molecular complexity index is 1450. The van der Waals surface area contributed by atoms with Gasteiger partial charge in [0.05, 0.1) is 24.5 Å². The summed E-state index contributed by atoms with van der Waals surface area (Å²) in [6, 6.07) is 10.7. The first kappa shape index (κ1) is 22.0. The van der Waals surface area contributed by atoms with Gasteiger partial charge in [-0.2, -0.15) is 5.10 Å². The molecule has 0 saturated heterocycles. The molecule has 9 heteroatoms. The Morgan fingerprint density at radius 3 is 2.74 bits per heavy atom. The highest BCUT2D eigenvalue weighted by Gasteiger charge is 2.21. The van der Waals surface area contributed by atoms with Gasteiger partial charge in [-0.05, 0) is 53.1 Å². The van der Waals surface area contributed by atoms with Crippen LogP contribution in [0, 0.1) is 0 Å². The Morgan fingerprint density at radius 2 is 1.89 bits per heavy atom. The monoisotopic (exact) mass is 466 g/mol. The fourth-order valence-electron chi connectivity index (χ4n) is 4.00. The Balaban J connectivity index is 1.60. The van der Waals surface area contributed by atoms with Crippen LogP contribution < -0.4 is 10.6 Å². The number of nitrogens with one attached hydrogen (secondary N) is 2. The van der Waals surface area contributed by atoms with Gasteiger partial charge in [0.2, 0.25) is 0 Å². The number of carbonyl (C=O) groups is 3. The number of anilines is 1. The molecule has 2 aliphatic rings. The SMILES string of the molecule is C=C1C=C2C=CC(=O)N1Cc1cccc(c1)C(=O)Nc1cn(C)nc1C(=O)NCc1cc2ccn1. The van der Waals surface area contributed by atoms with Gasteiger partial charge in [-0.25, -0.2) is 0 Å². The molecule has 9 nitrogen and oxygen atoms in total. The predicted molar refractivity (Wildman–Crippen MR) is 130 cm³/mol. The Labute approximate surface area is 201 Å². The van der Waals surface area contributed by atoms with Crippen molar-refractivity contribution in [2.75, 3.05) is 5.32 Å². The lowest BCUT2D eigenvalue weighted by Crippen LogP contribution is -2.27. The number of amides is 3. The van der Waals surface area contributed by atoms with Gasteiger partial charge in [-0.15, -0.1) is 0 Å². The molecule has 0 saturated carbocycles. The summed E-state index contributed by atoms with van der Waals surface area (Å²) in [5.41, 5.74) is 4.32. The minimum atomic E-state index is -0.439. The molecule has 2 N–H and O–H groups in total. The van der Waals surface area contributed by atoms with E-state index in [0.717, 1.165) is 16.7 Å². The molecule has 6 bridgehead atoms. The van der Waals surface area contributed by atoms with E-state index < -0.39 is 11.8 Å². The average molecular weight is 467 g/mol. The summed E-state index contributed by atoms with van der Waals surface area (Å²) >= 11 is 0. The van der Waals surface area contributed by atoms with Crippen molar-refractivity contribution in [3.05, 3.63) is 107 Å². The number of hydrogen-bond donors (Lipinski definition) is 2. The molecule has 174 valence electrons. The molecular formula is C26H22N6O3. The van der Waals surface area contributed by atoms with Crippen molar-refractivity contribution < 1.29 is 14.4 Å². The van der Waals surface area contributed by atoms with E-state index >= 15 is 0 Å². The van der Waals surface area contributed by atoms with E-state index in [0.29, 0.717) is 22.6 Å². The van der Waals surface area contributed by atoms with Gasteiger partial charge >= 0.3 is 0 Å². The normalized spacial score (nSPS) is 16.0. The molecular weight excluding hydrogens is 444 g/mol. The molecule has 0 radical (unpaired) electrons. The summed E-state index contributed by atoms with van der Waals surface area (Å²) in [5, 5.41) is 9.80. The molecule has 2 aromatic heterocycles. The summed E-state index contributed by atoms with van der Waals surface area (Å²) in [4.78, 5) is 44.7. The summed E-state index contributed by atoms with van der Waals surface area (Å²) < 4.78 is 1.47. The zero-order valence-electron chi connectivity index (χ0n) is 19.0. The maximum Gasteiger partial charge on any atom is 0.274 e. The lowest BCUT2D eigenvalue weighted by molar-refractivity contribution is -0.124. The molecule has 0 atom stereocenters. The Hall–Kier alpha value is -4.79. The summed E-state index contributed by atoms with van der Waals surface area (Å²) in [5.74, 6) is -1.05. The third-order valence-electron chi connectivity index (χ3n) is 5.74. The summed E-state index contributed by atoms with van der Waals surface area (Å²) in [7, 11) is 1.67. The molecule has 5 rings (SSSR count). The van der Waals surface area contributed by atoms with E-state index in [2.05, 4.69) is 27.3 Å². The van der Waals surface area contributed by atoms with Gasteiger partial charge in [0, 0.05) is 36.8 Å². The summed E-state index contributed by atoms with van der Waals surface area (Å²) in [6.45, 7) is 4.50. The lowest BCUT2D eigenvalue weighted by Gasteiger charge is -2.21. The number of nitrogens with zero attached hydrogens (tertiary/aromatic N) is 4. The third-order valence-corrected chi connectivity index (χ3v) is 5.74. The number of pyridine rings is 1. The van der Waals surface area contributed by atoms with Gasteiger partial charge in [0.25, 0.3) is 17.7 Å². The topological polar surface area (TPSA) is 109 Å². The second-order valence-corrected chi connectivity index (χ2v) is 8.29. The highest BCUT2D eigenvalue weighted by atomic mass is 16.2. The van der Waals surface area contributed by atoms with Crippen LogP contribution in [0.1, 0.15) is 37.7 Å². The molecule has 1 aromatic carbocycles. The van der Waals surface area contributed by atoms with E-state index in [9.17, 15) is 14.4 Å². The van der Waals surface area contributed by atoms with Crippen molar-refractivity contribution in [3.63, 3.8) is 0 Å². The van der Waals surface area contributed by atoms with Gasteiger partial charge in [0.1, 0.15) is 0 Å². The number of aromatic nitrogens is 3. The van der Waals surface area contributed by atoms with Gasteiger partial charge in [-0.3, -0.25) is 24.0 Å². The van der Waals surface area contributed by atoms with Crippen LogP contribution >= 0.6 is 0 Å². The maximum absolute atomic E-state index is 13.0. The highest BCUT2D eigenvalue weighted by molar-refractivity contribution is 6.08. The number of fused-ring (bicyclic) bond motifs is 8. The molecule has 0 fully saturated rings. The molecule has 3 amide bonds. The van der Waals surface area contributed by atoms with Crippen LogP contribution in [0.15, 0.2) is 79.3 Å². The number of carbonyl (C=O) groups excluding carboxylic acids is 3. The fourth-order valence-corrected chi connectivity index (χ4v) is 4.00. The first-order chi connectivity index (χ1) is 16.9. The maximum atomic E-state index is 13.0. The molecule has 3 aromatic rings. The average Bonchev–Trinajstić information content (AvgIpc) is 3.16. The van der Waals surface area contributed by atoms with Crippen LogP contribution in [0.3, 0.4) is 0 Å². The van der Waals surface area contributed by atoms with Crippen molar-refractivity contribution in [1.82, 2.24) is 25.0 Å². The molecule has 0 spiro atoms. The quantitative estimate of drug-likeness (QED) is 0.530. The number of allylic oxidation sites excluding steroid dienone is 3. The first-order valence-electron chi connectivity index (χ1n) is 10.9. The van der Waals surface area contributed by atoms with Crippen molar-refractivity contribution >= 4 is 29.0 Å². The number of aryl methyl sites for hydroxylation is 1. The number of benzene rings is 1. The molecule has 2 aliphatic heterocycles. The number of rotatable bonds is 0. The largest absolute Gasteiger partial charge is 0.345 e. The minimum absolute atomic E-state index is 0.101. The van der Waals surface area contributed by atoms with Crippen LogP contribution in [0.25, 0.3) is 5.57 Å².